The van der Waals surface area contributed by atoms with Gasteiger partial charge in [-0.3, -0.25) is 9.59 Å². The number of rotatable bonds is 7. The Balaban J connectivity index is 1.39. The molecule has 3 aromatic carbocycles. The molecular formula is C25H27N3O3. The fourth-order valence-electron chi connectivity index (χ4n) is 2.92. The monoisotopic (exact) mass is 417 g/mol. The molecule has 0 atom stereocenters. The first-order valence-corrected chi connectivity index (χ1v) is 10.1. The third-order valence-corrected chi connectivity index (χ3v) is 4.72. The lowest BCUT2D eigenvalue weighted by atomic mass is 9.87. The number of carbonyl (C=O) groups is 2. The van der Waals surface area contributed by atoms with Gasteiger partial charge in [-0.05, 0) is 39.4 Å². The Hall–Kier alpha value is -3.67. The maximum Gasteiger partial charge on any atom is 0.259 e. The first kappa shape index (κ1) is 22.0. The number of nitrogens with one attached hydrogen (secondary N) is 2. The van der Waals surface area contributed by atoms with Crippen LogP contribution in [0.1, 0.15) is 31.9 Å². The second-order valence-corrected chi connectivity index (χ2v) is 8.24. The van der Waals surface area contributed by atoms with Crippen LogP contribution in [0.3, 0.4) is 0 Å². The Morgan fingerprint density at radius 3 is 2.35 bits per heavy atom. The van der Waals surface area contributed by atoms with E-state index >= 15 is 0 Å². The molecule has 0 aromatic heterocycles. The molecule has 160 valence electrons. The van der Waals surface area contributed by atoms with Crippen molar-refractivity contribution in [3.63, 3.8) is 0 Å². The summed E-state index contributed by atoms with van der Waals surface area (Å²) in [5.74, 6) is -0.202. The number of carbonyl (C=O) groups excluding carboxylic acids is 2. The molecule has 0 aliphatic rings. The molecule has 2 N–H and O–H groups in total. The first-order chi connectivity index (χ1) is 14.8. The van der Waals surface area contributed by atoms with Crippen molar-refractivity contribution < 1.29 is 14.3 Å². The van der Waals surface area contributed by atoms with Crippen molar-refractivity contribution >= 4 is 28.8 Å². The van der Waals surface area contributed by atoms with E-state index in [0.29, 0.717) is 5.75 Å². The molecule has 0 saturated heterocycles. The summed E-state index contributed by atoms with van der Waals surface area (Å²) < 4.78 is 5.51. The second kappa shape index (κ2) is 9.89. The molecule has 0 fully saturated rings. The van der Waals surface area contributed by atoms with Gasteiger partial charge in [-0.25, -0.2) is 5.43 Å². The third kappa shape index (κ3) is 6.67. The van der Waals surface area contributed by atoms with Crippen LogP contribution >= 0.6 is 0 Å². The van der Waals surface area contributed by atoms with Crippen molar-refractivity contribution in [1.29, 1.82) is 0 Å². The minimum atomic E-state index is -0.415. The quantitative estimate of drug-likeness (QED) is 0.454. The summed E-state index contributed by atoms with van der Waals surface area (Å²) in [7, 11) is 0. The normalized spacial score (nSPS) is 11.5. The molecule has 31 heavy (non-hydrogen) atoms. The molecule has 0 saturated carbocycles. The Labute approximate surface area is 182 Å². The highest BCUT2D eigenvalue weighted by Gasteiger charge is 2.12. The number of amides is 2. The molecule has 2 amide bonds. The lowest BCUT2D eigenvalue weighted by Crippen LogP contribution is -2.37. The van der Waals surface area contributed by atoms with Crippen molar-refractivity contribution in [3.05, 3.63) is 77.9 Å². The summed E-state index contributed by atoms with van der Waals surface area (Å²) in [6.07, 6.45) is 1.56. The van der Waals surface area contributed by atoms with Gasteiger partial charge < -0.3 is 10.1 Å². The lowest BCUT2D eigenvalue weighted by molar-refractivity contribution is -0.127. The molecule has 6 nitrogen and oxygen atoms in total. The molecule has 0 radical (unpaired) electrons. The largest absolute Gasteiger partial charge is 0.484 e. The van der Waals surface area contributed by atoms with E-state index in [4.69, 9.17) is 4.74 Å². The summed E-state index contributed by atoms with van der Waals surface area (Å²) in [4.78, 5) is 23.8. The van der Waals surface area contributed by atoms with Crippen LogP contribution in [0.15, 0.2) is 71.8 Å². The SMILES string of the molecule is CC(C)(C)c1ccc(/C=N\NC(=O)CNC(=O)COc2ccc3ccccc3c2)cc1. The minimum Gasteiger partial charge on any atom is -0.484 e. The van der Waals surface area contributed by atoms with E-state index in [9.17, 15) is 9.59 Å². The predicted molar refractivity (Wildman–Crippen MR) is 123 cm³/mol. The van der Waals surface area contributed by atoms with Crippen molar-refractivity contribution in [3.8, 4) is 5.75 Å². The molecule has 0 unspecified atom stereocenters. The second-order valence-electron chi connectivity index (χ2n) is 8.24. The van der Waals surface area contributed by atoms with Crippen LogP contribution in [0.4, 0.5) is 0 Å². The molecule has 0 aliphatic heterocycles. The number of nitrogens with zero attached hydrogens (tertiary/aromatic N) is 1. The van der Waals surface area contributed by atoms with Crippen molar-refractivity contribution in [1.82, 2.24) is 10.7 Å². The van der Waals surface area contributed by atoms with Crippen LogP contribution in [0.5, 0.6) is 5.75 Å². The Kier molecular flexibility index (Phi) is 7.03. The van der Waals surface area contributed by atoms with Gasteiger partial charge in [-0.2, -0.15) is 5.10 Å². The first-order valence-electron chi connectivity index (χ1n) is 10.1. The van der Waals surface area contributed by atoms with Gasteiger partial charge in [0.15, 0.2) is 6.61 Å². The number of ether oxygens (including phenoxy) is 1. The van der Waals surface area contributed by atoms with E-state index in [1.807, 2.05) is 66.7 Å². The average Bonchev–Trinajstić information content (AvgIpc) is 2.76. The maximum absolute atomic E-state index is 11.9. The molecule has 0 heterocycles. The highest BCUT2D eigenvalue weighted by atomic mass is 16.5. The number of fused-ring (bicyclic) bond motifs is 1. The number of benzene rings is 3. The van der Waals surface area contributed by atoms with Crippen LogP contribution in [0.2, 0.25) is 0 Å². The number of hydrazone groups is 1. The van der Waals surface area contributed by atoms with E-state index in [1.54, 1.807) is 6.21 Å². The smallest absolute Gasteiger partial charge is 0.259 e. The average molecular weight is 418 g/mol. The summed E-state index contributed by atoms with van der Waals surface area (Å²) in [6, 6.07) is 21.5. The fraction of sp³-hybridized carbons (Fsp3) is 0.240. The highest BCUT2D eigenvalue weighted by molar-refractivity contribution is 5.87. The number of hydrogen-bond donors (Lipinski definition) is 2. The van der Waals surface area contributed by atoms with Crippen molar-refractivity contribution in [2.75, 3.05) is 13.2 Å². The van der Waals surface area contributed by atoms with E-state index in [2.05, 4.69) is 36.6 Å². The minimum absolute atomic E-state index is 0.0834. The van der Waals surface area contributed by atoms with Gasteiger partial charge in [-0.1, -0.05) is 75.4 Å². The molecule has 0 spiro atoms. The highest BCUT2D eigenvalue weighted by Crippen LogP contribution is 2.22. The van der Waals surface area contributed by atoms with Crippen LogP contribution in [-0.4, -0.2) is 31.2 Å². The summed E-state index contributed by atoms with van der Waals surface area (Å²) in [6.45, 7) is 6.10. The Morgan fingerprint density at radius 1 is 0.935 bits per heavy atom. The van der Waals surface area contributed by atoms with Crippen LogP contribution < -0.4 is 15.5 Å². The van der Waals surface area contributed by atoms with Crippen LogP contribution in [0.25, 0.3) is 10.8 Å². The van der Waals surface area contributed by atoms with Gasteiger partial charge in [0, 0.05) is 0 Å². The summed E-state index contributed by atoms with van der Waals surface area (Å²) >= 11 is 0. The van der Waals surface area contributed by atoms with Gasteiger partial charge in [0.25, 0.3) is 11.8 Å². The molecule has 3 rings (SSSR count). The zero-order chi connectivity index (χ0) is 22.3. The molecule has 0 bridgehead atoms. The molecule has 3 aromatic rings. The Bertz CT molecular complexity index is 1080. The van der Waals surface area contributed by atoms with E-state index in [1.165, 1.54) is 5.56 Å². The van der Waals surface area contributed by atoms with E-state index < -0.39 is 5.91 Å². The number of hydrogen-bond acceptors (Lipinski definition) is 4. The maximum atomic E-state index is 11.9. The van der Waals surface area contributed by atoms with Crippen molar-refractivity contribution in [2.24, 2.45) is 5.10 Å². The predicted octanol–water partition coefficient (Wildman–Crippen LogP) is 3.78. The van der Waals surface area contributed by atoms with E-state index in [0.717, 1.165) is 16.3 Å². The van der Waals surface area contributed by atoms with Crippen LogP contribution in [-0.2, 0) is 15.0 Å². The molecule has 6 heteroatoms. The van der Waals surface area contributed by atoms with Gasteiger partial charge in [0.05, 0.1) is 12.8 Å². The topological polar surface area (TPSA) is 79.8 Å². The molecule has 0 aliphatic carbocycles. The van der Waals surface area contributed by atoms with Gasteiger partial charge >= 0.3 is 0 Å². The zero-order valence-electron chi connectivity index (χ0n) is 18.0. The van der Waals surface area contributed by atoms with Crippen LogP contribution in [0, 0.1) is 0 Å². The van der Waals surface area contributed by atoms with E-state index in [-0.39, 0.29) is 24.5 Å². The molecular weight excluding hydrogens is 390 g/mol. The standard InChI is InChI=1S/C25H27N3O3/c1-25(2,3)21-11-8-18(9-12-21)15-27-28-23(29)16-26-24(30)17-31-22-13-10-19-6-4-5-7-20(19)14-22/h4-15H,16-17H2,1-3H3,(H,26,30)(H,28,29)/b27-15-. The van der Waals surface area contributed by atoms with Gasteiger partial charge in [0.1, 0.15) is 5.75 Å². The lowest BCUT2D eigenvalue weighted by Gasteiger charge is -2.18. The third-order valence-electron chi connectivity index (χ3n) is 4.72. The Morgan fingerprint density at radius 2 is 1.65 bits per heavy atom. The fourth-order valence-corrected chi connectivity index (χ4v) is 2.92. The van der Waals surface area contributed by atoms with Gasteiger partial charge in [0.2, 0.25) is 0 Å². The van der Waals surface area contributed by atoms with Gasteiger partial charge in [-0.15, -0.1) is 0 Å². The summed E-state index contributed by atoms with van der Waals surface area (Å²) in [5.41, 5.74) is 4.58. The summed E-state index contributed by atoms with van der Waals surface area (Å²) in [5, 5.41) is 8.57. The van der Waals surface area contributed by atoms with Crippen molar-refractivity contribution in [2.45, 2.75) is 26.2 Å². The zero-order valence-corrected chi connectivity index (χ0v) is 18.0.